The summed E-state index contributed by atoms with van der Waals surface area (Å²) in [5.74, 6) is 0.501. The fraction of sp³-hybridized carbons (Fsp3) is 0.500. The van der Waals surface area contributed by atoms with Gasteiger partial charge in [-0.05, 0) is 39.8 Å². The van der Waals surface area contributed by atoms with Crippen LogP contribution in [0.1, 0.15) is 29.3 Å². The number of thiophene rings is 1. The Hall–Kier alpha value is -1.89. The van der Waals surface area contributed by atoms with Crippen LogP contribution in [-0.2, 0) is 13.0 Å². The highest BCUT2D eigenvalue weighted by molar-refractivity contribution is 7.11. The number of hydrogen-bond donors (Lipinski definition) is 1. The highest BCUT2D eigenvalue weighted by atomic mass is 32.1. The Kier molecular flexibility index (Phi) is 4.62. The molecule has 0 amide bonds. The second kappa shape index (κ2) is 6.26. The van der Waals surface area contributed by atoms with Gasteiger partial charge >= 0.3 is 5.69 Å². The van der Waals surface area contributed by atoms with E-state index in [9.17, 15) is 10.1 Å². The zero-order valence-corrected chi connectivity index (χ0v) is 13.5. The maximum absolute atomic E-state index is 11.2. The van der Waals surface area contributed by atoms with E-state index in [1.807, 2.05) is 13.8 Å². The SMILES string of the molecule is CCn1nc(C)c([N+](=O)[O-])c1NC(C)Cc1ccc(C)s1. The molecule has 1 N–H and O–H groups in total. The number of nitrogens with zero attached hydrogens (tertiary/aromatic N) is 3. The summed E-state index contributed by atoms with van der Waals surface area (Å²) in [7, 11) is 0. The Balaban J connectivity index is 2.19. The van der Waals surface area contributed by atoms with Crippen LogP contribution < -0.4 is 5.32 Å². The van der Waals surface area contributed by atoms with Crippen molar-refractivity contribution in [3.8, 4) is 0 Å². The lowest BCUT2D eigenvalue weighted by Gasteiger charge is -2.14. The normalized spacial score (nSPS) is 12.4. The van der Waals surface area contributed by atoms with Crippen LogP contribution in [0.3, 0.4) is 0 Å². The standard InChI is InChI=1S/C14H20N4O2S/c1-5-17-14(13(18(19)20)11(4)16-17)15-9(2)8-12-7-6-10(3)21-12/h6-7,9,15H,5,8H2,1-4H3. The fourth-order valence-corrected chi connectivity index (χ4v) is 3.36. The quantitative estimate of drug-likeness (QED) is 0.654. The van der Waals surface area contributed by atoms with Crippen molar-refractivity contribution in [2.75, 3.05) is 5.32 Å². The number of nitro groups is 1. The maximum Gasteiger partial charge on any atom is 0.333 e. The molecule has 0 saturated carbocycles. The molecule has 0 aliphatic rings. The topological polar surface area (TPSA) is 73.0 Å². The maximum atomic E-state index is 11.2. The molecule has 114 valence electrons. The third-order valence-electron chi connectivity index (χ3n) is 3.26. The highest BCUT2D eigenvalue weighted by Crippen LogP contribution is 2.29. The summed E-state index contributed by atoms with van der Waals surface area (Å²) in [6.07, 6.45) is 0.837. The number of hydrogen-bond acceptors (Lipinski definition) is 5. The van der Waals surface area contributed by atoms with Gasteiger partial charge in [-0.2, -0.15) is 5.10 Å². The molecule has 7 heteroatoms. The van der Waals surface area contributed by atoms with Gasteiger partial charge in [0.25, 0.3) is 0 Å². The van der Waals surface area contributed by atoms with Gasteiger partial charge in [-0.15, -0.1) is 11.3 Å². The van der Waals surface area contributed by atoms with Crippen molar-refractivity contribution in [1.82, 2.24) is 9.78 Å². The van der Waals surface area contributed by atoms with Gasteiger partial charge in [0.15, 0.2) is 0 Å². The first kappa shape index (κ1) is 15.5. The summed E-state index contributed by atoms with van der Waals surface area (Å²) in [5.41, 5.74) is 0.523. The first-order valence-corrected chi connectivity index (χ1v) is 7.77. The summed E-state index contributed by atoms with van der Waals surface area (Å²) >= 11 is 1.76. The molecule has 21 heavy (non-hydrogen) atoms. The van der Waals surface area contributed by atoms with Crippen LogP contribution in [0.25, 0.3) is 0 Å². The highest BCUT2D eigenvalue weighted by Gasteiger charge is 2.25. The van der Waals surface area contributed by atoms with Crippen molar-refractivity contribution >= 4 is 22.8 Å². The van der Waals surface area contributed by atoms with Crippen molar-refractivity contribution in [3.63, 3.8) is 0 Å². The van der Waals surface area contributed by atoms with Crippen LogP contribution in [0.5, 0.6) is 0 Å². The van der Waals surface area contributed by atoms with Gasteiger partial charge in [-0.1, -0.05) is 0 Å². The molecule has 0 bridgehead atoms. The second-order valence-electron chi connectivity index (χ2n) is 5.12. The Morgan fingerprint density at radius 3 is 2.71 bits per heavy atom. The lowest BCUT2D eigenvalue weighted by molar-refractivity contribution is -0.384. The third kappa shape index (κ3) is 3.41. The van der Waals surface area contributed by atoms with Crippen LogP contribution >= 0.6 is 11.3 Å². The van der Waals surface area contributed by atoms with Crippen molar-refractivity contribution < 1.29 is 4.92 Å². The number of aryl methyl sites for hydroxylation is 3. The largest absolute Gasteiger partial charge is 0.362 e. The summed E-state index contributed by atoms with van der Waals surface area (Å²) < 4.78 is 1.66. The molecule has 0 spiro atoms. The van der Waals surface area contributed by atoms with Crippen LogP contribution in [-0.4, -0.2) is 20.7 Å². The number of aromatic nitrogens is 2. The predicted octanol–water partition coefficient (Wildman–Crippen LogP) is 3.53. The lowest BCUT2D eigenvalue weighted by Crippen LogP contribution is -2.20. The zero-order chi connectivity index (χ0) is 15.6. The van der Waals surface area contributed by atoms with E-state index in [0.717, 1.165) is 6.42 Å². The molecule has 2 rings (SSSR count). The van der Waals surface area contributed by atoms with E-state index in [0.29, 0.717) is 18.1 Å². The van der Waals surface area contributed by atoms with Crippen LogP contribution in [0.15, 0.2) is 12.1 Å². The van der Waals surface area contributed by atoms with E-state index >= 15 is 0 Å². The Morgan fingerprint density at radius 2 is 2.19 bits per heavy atom. The molecule has 2 aromatic heterocycles. The minimum absolute atomic E-state index is 0.0751. The number of rotatable bonds is 6. The Bertz CT molecular complexity index is 647. The third-order valence-corrected chi connectivity index (χ3v) is 4.29. The fourth-order valence-electron chi connectivity index (χ4n) is 2.34. The van der Waals surface area contributed by atoms with Crippen molar-refractivity contribution in [2.24, 2.45) is 0 Å². The number of anilines is 1. The summed E-state index contributed by atoms with van der Waals surface area (Å²) in [6, 6.07) is 4.30. The molecule has 0 aliphatic carbocycles. The van der Waals surface area contributed by atoms with Crippen LogP contribution in [0.4, 0.5) is 11.5 Å². The first-order chi connectivity index (χ1) is 9.92. The Labute approximate surface area is 127 Å². The average Bonchev–Trinajstić information content (AvgIpc) is 2.93. The van der Waals surface area contributed by atoms with E-state index in [1.54, 1.807) is 22.9 Å². The van der Waals surface area contributed by atoms with E-state index in [-0.39, 0.29) is 16.7 Å². The van der Waals surface area contributed by atoms with Crippen LogP contribution in [0.2, 0.25) is 0 Å². The molecule has 6 nitrogen and oxygen atoms in total. The molecule has 1 atom stereocenters. The van der Waals surface area contributed by atoms with Crippen molar-refractivity contribution in [2.45, 2.75) is 46.7 Å². The van der Waals surface area contributed by atoms with Gasteiger partial charge in [-0.25, -0.2) is 4.68 Å². The molecule has 0 radical (unpaired) electrons. The van der Waals surface area contributed by atoms with Gasteiger partial charge < -0.3 is 5.32 Å². The van der Waals surface area contributed by atoms with Crippen LogP contribution in [0, 0.1) is 24.0 Å². The molecule has 0 aromatic carbocycles. The molecule has 2 heterocycles. The van der Waals surface area contributed by atoms with Gasteiger partial charge in [-0.3, -0.25) is 10.1 Å². The summed E-state index contributed by atoms with van der Waals surface area (Å²) in [4.78, 5) is 13.4. The van der Waals surface area contributed by atoms with E-state index in [4.69, 9.17) is 0 Å². The van der Waals surface area contributed by atoms with Gasteiger partial charge in [0.05, 0.1) is 4.92 Å². The smallest absolute Gasteiger partial charge is 0.333 e. The van der Waals surface area contributed by atoms with Gasteiger partial charge in [0, 0.05) is 28.8 Å². The van der Waals surface area contributed by atoms with Gasteiger partial charge in [0.1, 0.15) is 5.69 Å². The number of nitrogens with one attached hydrogen (secondary N) is 1. The average molecular weight is 308 g/mol. The van der Waals surface area contributed by atoms with Crippen molar-refractivity contribution in [3.05, 3.63) is 37.7 Å². The monoisotopic (exact) mass is 308 g/mol. The lowest BCUT2D eigenvalue weighted by atomic mass is 10.2. The summed E-state index contributed by atoms with van der Waals surface area (Å²) in [6.45, 7) is 8.30. The zero-order valence-electron chi connectivity index (χ0n) is 12.7. The van der Waals surface area contributed by atoms with E-state index in [2.05, 4.69) is 29.5 Å². The van der Waals surface area contributed by atoms with E-state index < -0.39 is 0 Å². The molecule has 0 aliphatic heterocycles. The molecular weight excluding hydrogens is 288 g/mol. The Morgan fingerprint density at radius 1 is 1.48 bits per heavy atom. The minimum Gasteiger partial charge on any atom is -0.362 e. The predicted molar refractivity (Wildman–Crippen MR) is 85.1 cm³/mol. The van der Waals surface area contributed by atoms with Crippen molar-refractivity contribution in [1.29, 1.82) is 0 Å². The van der Waals surface area contributed by atoms with E-state index in [1.165, 1.54) is 9.75 Å². The summed E-state index contributed by atoms with van der Waals surface area (Å²) in [5, 5.41) is 18.7. The molecule has 0 fully saturated rings. The molecular formula is C14H20N4O2S. The van der Waals surface area contributed by atoms with Gasteiger partial charge in [0.2, 0.25) is 5.82 Å². The second-order valence-corrected chi connectivity index (χ2v) is 6.49. The molecule has 1 unspecified atom stereocenters. The first-order valence-electron chi connectivity index (χ1n) is 6.96. The molecule has 2 aromatic rings. The minimum atomic E-state index is -0.362. The molecule has 0 saturated heterocycles.